The maximum Gasteiger partial charge on any atom is 0.112 e. The van der Waals surface area contributed by atoms with E-state index in [0.717, 1.165) is 6.54 Å². The molecule has 0 aromatic carbocycles. The molecule has 2 atom stereocenters. The molecule has 0 aliphatic heterocycles. The van der Waals surface area contributed by atoms with E-state index >= 15 is 0 Å². The van der Waals surface area contributed by atoms with Crippen molar-refractivity contribution in [2.45, 2.75) is 56.3 Å². The number of halogens is 1. The van der Waals surface area contributed by atoms with E-state index in [1.54, 1.807) is 0 Å². The summed E-state index contributed by atoms with van der Waals surface area (Å²) < 4.78 is 2.32. The number of alkyl halides is 1. The van der Waals surface area contributed by atoms with Crippen LogP contribution in [0.3, 0.4) is 0 Å². The average molecular weight is 271 g/mol. The molecule has 0 amide bonds. The summed E-state index contributed by atoms with van der Waals surface area (Å²) in [7, 11) is 0. The van der Waals surface area contributed by atoms with Crippen molar-refractivity contribution in [2.24, 2.45) is 0 Å². The second-order valence-corrected chi connectivity index (χ2v) is 5.56. The minimum atomic E-state index is 0.625. The Hall–Kier alpha value is -0.310. The minimum absolute atomic E-state index is 0.625. The number of imidazole rings is 1. The lowest BCUT2D eigenvalue weighted by Gasteiger charge is -2.27. The van der Waals surface area contributed by atoms with E-state index in [1.807, 2.05) is 6.20 Å². The molecule has 15 heavy (non-hydrogen) atoms. The van der Waals surface area contributed by atoms with Crippen LogP contribution in [0, 0.1) is 0 Å². The Bertz CT molecular complexity index is 308. The summed E-state index contributed by atoms with van der Waals surface area (Å²) in [6.45, 7) is 3.32. The van der Waals surface area contributed by atoms with Gasteiger partial charge in [-0.2, -0.15) is 0 Å². The maximum atomic E-state index is 4.54. The van der Waals surface area contributed by atoms with Gasteiger partial charge < -0.3 is 4.57 Å². The Balaban J connectivity index is 2.15. The van der Waals surface area contributed by atoms with Crippen LogP contribution < -0.4 is 0 Å². The Kier molecular flexibility index (Phi) is 3.84. The molecule has 0 bridgehead atoms. The summed E-state index contributed by atoms with van der Waals surface area (Å²) in [5, 5.41) is 0. The number of hydrogen-bond donors (Lipinski definition) is 0. The molecule has 2 nitrogen and oxygen atoms in total. The number of aromatic nitrogens is 2. The van der Waals surface area contributed by atoms with Crippen molar-refractivity contribution in [1.82, 2.24) is 9.55 Å². The zero-order chi connectivity index (χ0) is 10.7. The van der Waals surface area contributed by atoms with Gasteiger partial charge in [0.15, 0.2) is 0 Å². The van der Waals surface area contributed by atoms with Gasteiger partial charge in [0.05, 0.1) is 0 Å². The number of aryl methyl sites for hydroxylation is 1. The molecule has 2 unspecified atom stereocenters. The van der Waals surface area contributed by atoms with Crippen LogP contribution in [0.25, 0.3) is 0 Å². The molecule has 1 aromatic rings. The zero-order valence-corrected chi connectivity index (χ0v) is 10.9. The monoisotopic (exact) mass is 270 g/mol. The Morgan fingerprint density at radius 3 is 3.00 bits per heavy atom. The standard InChI is InChI=1S/C12H19BrN2/c1-2-8-15-9-7-14-12(15)10-5-3-4-6-11(10)13/h7,9-11H,2-6,8H2,1H3. The third-order valence-corrected chi connectivity index (χ3v) is 4.32. The van der Waals surface area contributed by atoms with Crippen LogP contribution in [0.5, 0.6) is 0 Å². The summed E-state index contributed by atoms with van der Waals surface area (Å²) in [5.41, 5.74) is 0. The van der Waals surface area contributed by atoms with Gasteiger partial charge in [0.2, 0.25) is 0 Å². The molecule has 1 saturated carbocycles. The highest BCUT2D eigenvalue weighted by molar-refractivity contribution is 9.09. The van der Waals surface area contributed by atoms with Crippen LogP contribution in [-0.2, 0) is 6.54 Å². The fourth-order valence-corrected chi connectivity index (χ4v) is 3.28. The van der Waals surface area contributed by atoms with Gasteiger partial charge in [0, 0.05) is 29.7 Å². The lowest BCUT2D eigenvalue weighted by Crippen LogP contribution is -2.21. The normalized spacial score (nSPS) is 26.8. The second kappa shape index (κ2) is 5.15. The van der Waals surface area contributed by atoms with E-state index in [1.165, 1.54) is 37.9 Å². The first-order valence-electron chi connectivity index (χ1n) is 5.98. The average Bonchev–Trinajstić information content (AvgIpc) is 2.67. The number of nitrogens with zero attached hydrogens (tertiary/aromatic N) is 2. The number of hydrogen-bond acceptors (Lipinski definition) is 1. The maximum absolute atomic E-state index is 4.54. The van der Waals surface area contributed by atoms with Crippen molar-refractivity contribution < 1.29 is 0 Å². The molecule has 0 spiro atoms. The predicted molar refractivity (Wildman–Crippen MR) is 66.4 cm³/mol. The predicted octanol–water partition coefficient (Wildman–Crippen LogP) is 3.71. The molecule has 3 heteroatoms. The molecule has 2 rings (SSSR count). The number of rotatable bonds is 3. The fraction of sp³-hybridized carbons (Fsp3) is 0.750. The summed E-state index contributed by atoms with van der Waals surface area (Å²) in [6, 6.07) is 0. The van der Waals surface area contributed by atoms with E-state index in [4.69, 9.17) is 0 Å². The topological polar surface area (TPSA) is 17.8 Å². The van der Waals surface area contributed by atoms with E-state index in [2.05, 4.69) is 38.6 Å². The molecular weight excluding hydrogens is 252 g/mol. The van der Waals surface area contributed by atoms with Crippen LogP contribution in [0.2, 0.25) is 0 Å². The first-order valence-corrected chi connectivity index (χ1v) is 6.89. The van der Waals surface area contributed by atoms with Crippen molar-refractivity contribution in [3.63, 3.8) is 0 Å². The zero-order valence-electron chi connectivity index (χ0n) is 9.32. The highest BCUT2D eigenvalue weighted by Crippen LogP contribution is 2.36. The van der Waals surface area contributed by atoms with Gasteiger partial charge in [0.1, 0.15) is 5.82 Å². The first kappa shape index (κ1) is 11.2. The van der Waals surface area contributed by atoms with Crippen molar-refractivity contribution >= 4 is 15.9 Å². The first-order chi connectivity index (χ1) is 7.33. The van der Waals surface area contributed by atoms with E-state index in [-0.39, 0.29) is 0 Å². The largest absolute Gasteiger partial charge is 0.335 e. The van der Waals surface area contributed by atoms with Crippen LogP contribution in [0.15, 0.2) is 12.4 Å². The quantitative estimate of drug-likeness (QED) is 0.766. The Morgan fingerprint density at radius 1 is 1.47 bits per heavy atom. The SMILES string of the molecule is CCCn1ccnc1C1CCCCC1Br. The lowest BCUT2D eigenvalue weighted by atomic mass is 9.88. The van der Waals surface area contributed by atoms with Gasteiger partial charge in [-0.1, -0.05) is 35.7 Å². The van der Waals surface area contributed by atoms with Gasteiger partial charge in [-0.3, -0.25) is 0 Å². The van der Waals surface area contributed by atoms with E-state index < -0.39 is 0 Å². The Labute approximate surface area is 100 Å². The van der Waals surface area contributed by atoms with Gasteiger partial charge in [-0.05, 0) is 19.3 Å². The van der Waals surface area contributed by atoms with Crippen LogP contribution in [0.1, 0.15) is 50.8 Å². The van der Waals surface area contributed by atoms with Crippen molar-refractivity contribution in [2.75, 3.05) is 0 Å². The van der Waals surface area contributed by atoms with Crippen LogP contribution in [0.4, 0.5) is 0 Å². The van der Waals surface area contributed by atoms with Gasteiger partial charge in [-0.15, -0.1) is 0 Å². The molecular formula is C12H19BrN2. The molecule has 1 aliphatic rings. The summed E-state index contributed by atoms with van der Waals surface area (Å²) in [4.78, 5) is 5.17. The molecule has 1 aromatic heterocycles. The van der Waals surface area contributed by atoms with E-state index in [9.17, 15) is 0 Å². The second-order valence-electron chi connectivity index (χ2n) is 4.39. The van der Waals surface area contributed by atoms with Crippen LogP contribution >= 0.6 is 15.9 Å². The molecule has 0 saturated heterocycles. The summed E-state index contributed by atoms with van der Waals surface area (Å²) >= 11 is 3.81. The molecule has 1 fully saturated rings. The summed E-state index contributed by atoms with van der Waals surface area (Å²) in [6.07, 6.45) is 10.5. The third-order valence-electron chi connectivity index (χ3n) is 3.23. The molecule has 0 radical (unpaired) electrons. The molecule has 0 N–H and O–H groups in total. The van der Waals surface area contributed by atoms with Gasteiger partial charge in [-0.25, -0.2) is 4.98 Å². The lowest BCUT2D eigenvalue weighted by molar-refractivity contribution is 0.430. The smallest absolute Gasteiger partial charge is 0.112 e. The fourth-order valence-electron chi connectivity index (χ4n) is 2.46. The van der Waals surface area contributed by atoms with Crippen LogP contribution in [-0.4, -0.2) is 14.4 Å². The Morgan fingerprint density at radius 2 is 2.27 bits per heavy atom. The summed E-state index contributed by atoms with van der Waals surface area (Å²) in [5.74, 6) is 1.92. The molecule has 1 heterocycles. The third kappa shape index (κ3) is 2.44. The molecule has 84 valence electrons. The van der Waals surface area contributed by atoms with E-state index in [0.29, 0.717) is 10.7 Å². The highest BCUT2D eigenvalue weighted by Gasteiger charge is 2.27. The molecule has 1 aliphatic carbocycles. The van der Waals surface area contributed by atoms with Crippen molar-refractivity contribution in [3.8, 4) is 0 Å². The van der Waals surface area contributed by atoms with Crippen molar-refractivity contribution in [3.05, 3.63) is 18.2 Å². The van der Waals surface area contributed by atoms with Gasteiger partial charge >= 0.3 is 0 Å². The highest BCUT2D eigenvalue weighted by atomic mass is 79.9. The van der Waals surface area contributed by atoms with Gasteiger partial charge in [0.25, 0.3) is 0 Å². The van der Waals surface area contributed by atoms with Crippen molar-refractivity contribution in [1.29, 1.82) is 0 Å². The minimum Gasteiger partial charge on any atom is -0.335 e.